The summed E-state index contributed by atoms with van der Waals surface area (Å²) in [5.74, 6) is 1.53. The van der Waals surface area contributed by atoms with Crippen molar-refractivity contribution >= 4 is 17.5 Å². The molecule has 0 spiro atoms. The van der Waals surface area contributed by atoms with Crippen LogP contribution in [-0.4, -0.2) is 41.6 Å². The molecule has 0 amide bonds. The van der Waals surface area contributed by atoms with E-state index in [-0.39, 0.29) is 0 Å². The van der Waals surface area contributed by atoms with Crippen molar-refractivity contribution in [3.05, 3.63) is 12.4 Å². The summed E-state index contributed by atoms with van der Waals surface area (Å²) in [7, 11) is 0. The van der Waals surface area contributed by atoms with Gasteiger partial charge in [-0.3, -0.25) is 0 Å². The Bertz CT molecular complexity index is 450. The first kappa shape index (κ1) is 20.3. The van der Waals surface area contributed by atoms with Crippen LogP contribution < -0.4 is 10.6 Å². The molecule has 0 fully saturated rings. The quantitative estimate of drug-likeness (QED) is 0.396. The molecular weight excluding hydrogens is 306 g/mol. The van der Waals surface area contributed by atoms with Gasteiger partial charge in [-0.25, -0.2) is 0 Å². The Labute approximate surface area is 145 Å². The van der Waals surface area contributed by atoms with Crippen molar-refractivity contribution in [2.24, 2.45) is 0 Å². The van der Waals surface area contributed by atoms with E-state index in [1.54, 1.807) is 0 Å². The average Bonchev–Trinajstić information content (AvgIpc) is 2.60. The van der Waals surface area contributed by atoms with Gasteiger partial charge in [-0.15, -0.1) is 0 Å². The number of allylic oxidation sites excluding steroid dienone is 1. The SMILES string of the molecule is C=C(CC)c1nc(NCOCCCC)nc(NCOCCCC)n1. The summed E-state index contributed by atoms with van der Waals surface area (Å²) < 4.78 is 11.0. The van der Waals surface area contributed by atoms with Gasteiger partial charge in [0.15, 0.2) is 5.82 Å². The maximum absolute atomic E-state index is 5.49. The van der Waals surface area contributed by atoms with Crippen molar-refractivity contribution in [1.82, 2.24) is 15.0 Å². The lowest BCUT2D eigenvalue weighted by molar-refractivity contribution is 0.148. The van der Waals surface area contributed by atoms with Gasteiger partial charge in [-0.2, -0.15) is 15.0 Å². The molecule has 0 bridgehead atoms. The highest BCUT2D eigenvalue weighted by Gasteiger charge is 2.08. The van der Waals surface area contributed by atoms with Crippen molar-refractivity contribution in [1.29, 1.82) is 0 Å². The maximum Gasteiger partial charge on any atom is 0.229 e. The van der Waals surface area contributed by atoms with E-state index in [0.29, 0.717) is 31.2 Å². The van der Waals surface area contributed by atoms with Crippen molar-refractivity contribution < 1.29 is 9.47 Å². The first-order valence-electron chi connectivity index (χ1n) is 8.78. The van der Waals surface area contributed by atoms with Crippen LogP contribution in [0.25, 0.3) is 5.57 Å². The minimum atomic E-state index is 0.370. The zero-order chi connectivity index (χ0) is 17.6. The summed E-state index contributed by atoms with van der Waals surface area (Å²) in [5.41, 5.74) is 0.863. The van der Waals surface area contributed by atoms with Gasteiger partial charge >= 0.3 is 0 Å². The number of hydrogen-bond donors (Lipinski definition) is 2. The van der Waals surface area contributed by atoms with Crippen LogP contribution in [0.1, 0.15) is 58.7 Å². The highest BCUT2D eigenvalue weighted by atomic mass is 16.5. The number of nitrogens with zero attached hydrogens (tertiary/aromatic N) is 3. The van der Waals surface area contributed by atoms with Gasteiger partial charge in [0, 0.05) is 13.2 Å². The Morgan fingerprint density at radius 2 is 1.38 bits per heavy atom. The first-order valence-corrected chi connectivity index (χ1v) is 8.78. The molecule has 0 aliphatic heterocycles. The van der Waals surface area contributed by atoms with Gasteiger partial charge in [-0.1, -0.05) is 40.2 Å². The second kappa shape index (κ2) is 12.7. The van der Waals surface area contributed by atoms with Crippen molar-refractivity contribution in [3.8, 4) is 0 Å². The standard InChI is InChI=1S/C17H31N5O2/c1-5-8-10-23-12-18-16-20-15(14(4)7-3)21-17(22-16)19-13-24-11-9-6-2/h4-13H2,1-3H3,(H2,18,19,20,21,22). The van der Waals surface area contributed by atoms with Crippen LogP contribution in [0.4, 0.5) is 11.9 Å². The highest BCUT2D eigenvalue weighted by Crippen LogP contribution is 2.14. The third kappa shape index (κ3) is 8.21. The van der Waals surface area contributed by atoms with Crippen LogP contribution in [-0.2, 0) is 9.47 Å². The van der Waals surface area contributed by atoms with Crippen LogP contribution >= 0.6 is 0 Å². The van der Waals surface area contributed by atoms with E-state index < -0.39 is 0 Å². The molecule has 1 aromatic rings. The third-order valence-corrected chi connectivity index (χ3v) is 3.33. The highest BCUT2D eigenvalue weighted by molar-refractivity contribution is 5.58. The fraction of sp³-hybridized carbons (Fsp3) is 0.706. The third-order valence-electron chi connectivity index (χ3n) is 3.33. The Balaban J connectivity index is 2.60. The molecule has 7 heteroatoms. The van der Waals surface area contributed by atoms with Crippen LogP contribution in [0.15, 0.2) is 6.58 Å². The van der Waals surface area contributed by atoms with Crippen LogP contribution in [0.3, 0.4) is 0 Å². The van der Waals surface area contributed by atoms with Gasteiger partial charge in [-0.05, 0) is 24.8 Å². The molecule has 0 aliphatic carbocycles. The number of unbranched alkanes of at least 4 members (excludes halogenated alkanes) is 2. The Morgan fingerprint density at radius 1 is 0.875 bits per heavy atom. The number of hydrogen-bond acceptors (Lipinski definition) is 7. The zero-order valence-corrected chi connectivity index (χ0v) is 15.2. The van der Waals surface area contributed by atoms with Crippen LogP contribution in [0, 0.1) is 0 Å². The fourth-order valence-electron chi connectivity index (χ4n) is 1.72. The first-order chi connectivity index (χ1) is 11.7. The lowest BCUT2D eigenvalue weighted by Crippen LogP contribution is -2.15. The summed E-state index contributed by atoms with van der Waals surface area (Å²) in [6.07, 6.45) is 5.08. The molecule has 7 nitrogen and oxygen atoms in total. The lowest BCUT2D eigenvalue weighted by Gasteiger charge is -2.11. The number of aromatic nitrogens is 3. The summed E-state index contributed by atoms with van der Waals surface area (Å²) in [4.78, 5) is 13.1. The van der Waals surface area contributed by atoms with E-state index in [0.717, 1.165) is 50.9 Å². The van der Waals surface area contributed by atoms with Gasteiger partial charge < -0.3 is 20.1 Å². The number of anilines is 2. The molecule has 1 heterocycles. The Morgan fingerprint density at radius 3 is 1.79 bits per heavy atom. The molecule has 0 saturated heterocycles. The largest absolute Gasteiger partial charge is 0.361 e. The average molecular weight is 337 g/mol. The molecule has 0 saturated carbocycles. The zero-order valence-electron chi connectivity index (χ0n) is 15.2. The molecule has 0 radical (unpaired) electrons. The minimum Gasteiger partial charge on any atom is -0.361 e. The van der Waals surface area contributed by atoms with Crippen molar-refractivity contribution in [2.45, 2.75) is 52.9 Å². The Hall–Kier alpha value is -1.73. The summed E-state index contributed by atoms with van der Waals surface area (Å²) >= 11 is 0. The second-order valence-corrected chi connectivity index (χ2v) is 5.43. The van der Waals surface area contributed by atoms with Gasteiger partial charge in [0.2, 0.25) is 11.9 Å². The molecule has 0 aromatic carbocycles. The summed E-state index contributed by atoms with van der Waals surface area (Å²) in [6.45, 7) is 12.5. The second-order valence-electron chi connectivity index (χ2n) is 5.43. The van der Waals surface area contributed by atoms with Crippen molar-refractivity contribution in [3.63, 3.8) is 0 Å². The van der Waals surface area contributed by atoms with Crippen LogP contribution in [0.5, 0.6) is 0 Å². The minimum absolute atomic E-state index is 0.370. The smallest absolute Gasteiger partial charge is 0.229 e. The van der Waals surface area contributed by atoms with E-state index in [1.165, 1.54) is 0 Å². The molecular formula is C17H31N5O2. The number of ether oxygens (including phenoxy) is 2. The van der Waals surface area contributed by atoms with Gasteiger partial charge in [0.1, 0.15) is 13.5 Å². The monoisotopic (exact) mass is 337 g/mol. The van der Waals surface area contributed by atoms with Gasteiger partial charge in [0.05, 0.1) is 0 Å². The fourth-order valence-corrected chi connectivity index (χ4v) is 1.72. The van der Waals surface area contributed by atoms with Crippen LogP contribution in [0.2, 0.25) is 0 Å². The Kier molecular flexibility index (Phi) is 10.7. The molecule has 24 heavy (non-hydrogen) atoms. The van der Waals surface area contributed by atoms with E-state index in [2.05, 4.69) is 46.0 Å². The van der Waals surface area contributed by atoms with E-state index >= 15 is 0 Å². The number of nitrogens with one attached hydrogen (secondary N) is 2. The van der Waals surface area contributed by atoms with E-state index in [4.69, 9.17) is 9.47 Å². The predicted molar refractivity (Wildman–Crippen MR) is 97.9 cm³/mol. The van der Waals surface area contributed by atoms with E-state index in [1.807, 2.05) is 6.92 Å². The van der Waals surface area contributed by atoms with Crippen molar-refractivity contribution in [2.75, 3.05) is 37.3 Å². The van der Waals surface area contributed by atoms with Gasteiger partial charge in [0.25, 0.3) is 0 Å². The molecule has 1 rings (SSSR count). The molecule has 0 aliphatic rings. The molecule has 2 N–H and O–H groups in total. The molecule has 1 aromatic heterocycles. The maximum atomic E-state index is 5.49. The summed E-state index contributed by atoms with van der Waals surface area (Å²) in [5, 5.41) is 6.14. The molecule has 0 atom stereocenters. The van der Waals surface area contributed by atoms with E-state index in [9.17, 15) is 0 Å². The normalized spacial score (nSPS) is 10.6. The lowest BCUT2D eigenvalue weighted by atomic mass is 10.2. The topological polar surface area (TPSA) is 81.2 Å². The molecule has 0 unspecified atom stereocenters. The molecule has 136 valence electrons. The summed E-state index contributed by atoms with van der Waals surface area (Å²) in [6, 6.07) is 0. The predicted octanol–water partition coefficient (Wildman–Crippen LogP) is 3.67. The number of rotatable bonds is 14.